The van der Waals surface area contributed by atoms with Crippen LogP contribution in [0.25, 0.3) is 16.9 Å². The third-order valence-electron chi connectivity index (χ3n) is 5.25. The van der Waals surface area contributed by atoms with Crippen molar-refractivity contribution in [1.29, 1.82) is 0 Å². The number of carbonyl (C=O) groups is 1. The molecule has 0 aliphatic carbocycles. The molecule has 1 atom stereocenters. The van der Waals surface area contributed by atoms with Crippen LogP contribution in [0.3, 0.4) is 0 Å². The molecule has 30 heavy (non-hydrogen) atoms. The van der Waals surface area contributed by atoms with Gasteiger partial charge in [-0.2, -0.15) is 5.10 Å². The van der Waals surface area contributed by atoms with Crippen molar-refractivity contribution in [1.82, 2.24) is 15.1 Å². The van der Waals surface area contributed by atoms with E-state index in [1.807, 2.05) is 83.7 Å². The minimum atomic E-state index is -0.0771. The Kier molecular flexibility index (Phi) is 5.11. The van der Waals surface area contributed by atoms with E-state index < -0.39 is 0 Å². The molecular formula is C25H21N3OS. The maximum Gasteiger partial charge on any atom is 0.234 e. The summed E-state index contributed by atoms with van der Waals surface area (Å²) < 4.78 is 1.88. The molecule has 0 spiro atoms. The summed E-state index contributed by atoms with van der Waals surface area (Å²) in [6, 6.07) is 28.4. The Hall–Kier alpha value is -3.31. The van der Waals surface area contributed by atoms with Gasteiger partial charge in [0.15, 0.2) is 0 Å². The Morgan fingerprint density at radius 2 is 1.67 bits per heavy atom. The standard InChI is InChI=1S/C25H21N3OS/c29-25(23-15-19-11-7-8-14-22(19)30-23)26-16-20-17-28(21-12-5-2-6-13-21)27-24(20)18-9-3-1-4-10-18/h1-14,17,23H,15-16H2,(H,26,29). The van der Waals surface area contributed by atoms with Crippen LogP contribution in [-0.4, -0.2) is 20.9 Å². The zero-order valence-corrected chi connectivity index (χ0v) is 17.2. The molecule has 1 aliphatic heterocycles. The third kappa shape index (κ3) is 3.76. The van der Waals surface area contributed by atoms with Gasteiger partial charge in [-0.1, -0.05) is 66.7 Å². The molecule has 1 amide bonds. The van der Waals surface area contributed by atoms with Gasteiger partial charge in [-0.15, -0.1) is 11.8 Å². The Bertz CT molecular complexity index is 1150. The molecule has 5 rings (SSSR count). The van der Waals surface area contributed by atoms with E-state index in [0.717, 1.165) is 28.9 Å². The second-order valence-corrected chi connectivity index (χ2v) is 8.53. The number of rotatable bonds is 5. The maximum atomic E-state index is 12.9. The van der Waals surface area contributed by atoms with E-state index in [4.69, 9.17) is 5.10 Å². The van der Waals surface area contributed by atoms with Crippen LogP contribution in [0.4, 0.5) is 0 Å². The van der Waals surface area contributed by atoms with Gasteiger partial charge in [0.05, 0.1) is 16.6 Å². The van der Waals surface area contributed by atoms with Gasteiger partial charge in [0.25, 0.3) is 0 Å². The van der Waals surface area contributed by atoms with Crippen LogP contribution in [0, 0.1) is 0 Å². The first kappa shape index (κ1) is 18.7. The molecule has 0 fully saturated rings. The number of nitrogens with one attached hydrogen (secondary N) is 1. The molecule has 4 aromatic rings. The lowest BCUT2D eigenvalue weighted by Gasteiger charge is -2.10. The highest BCUT2D eigenvalue weighted by Gasteiger charge is 2.28. The molecule has 1 N–H and O–H groups in total. The molecule has 0 bridgehead atoms. The largest absolute Gasteiger partial charge is 0.351 e. The van der Waals surface area contributed by atoms with Crippen molar-refractivity contribution >= 4 is 17.7 Å². The van der Waals surface area contributed by atoms with Crippen molar-refractivity contribution in [2.24, 2.45) is 0 Å². The quantitative estimate of drug-likeness (QED) is 0.510. The molecule has 2 heterocycles. The normalized spacial score (nSPS) is 15.0. The highest BCUT2D eigenvalue weighted by Crippen LogP contribution is 2.36. The molecule has 1 aromatic heterocycles. The lowest BCUT2D eigenvalue weighted by molar-refractivity contribution is -0.120. The van der Waals surface area contributed by atoms with Crippen LogP contribution in [-0.2, 0) is 17.8 Å². The summed E-state index contributed by atoms with van der Waals surface area (Å²) in [4.78, 5) is 14.1. The summed E-state index contributed by atoms with van der Waals surface area (Å²) in [5.41, 5.74) is 5.18. The van der Waals surface area contributed by atoms with Gasteiger partial charge in [0.1, 0.15) is 0 Å². The van der Waals surface area contributed by atoms with Gasteiger partial charge in [0.2, 0.25) is 5.91 Å². The fourth-order valence-corrected chi connectivity index (χ4v) is 4.94. The Labute approximate surface area is 179 Å². The number of nitrogens with zero attached hydrogens (tertiary/aromatic N) is 2. The van der Waals surface area contributed by atoms with Gasteiger partial charge >= 0.3 is 0 Å². The maximum absolute atomic E-state index is 12.9. The van der Waals surface area contributed by atoms with Crippen molar-refractivity contribution < 1.29 is 4.79 Å². The lowest BCUT2D eigenvalue weighted by atomic mass is 10.1. The van der Waals surface area contributed by atoms with Crippen molar-refractivity contribution in [3.8, 4) is 16.9 Å². The minimum absolute atomic E-state index is 0.0719. The number of fused-ring (bicyclic) bond motifs is 1. The van der Waals surface area contributed by atoms with Crippen molar-refractivity contribution in [2.45, 2.75) is 23.1 Å². The summed E-state index contributed by atoms with van der Waals surface area (Å²) in [5.74, 6) is 0.0719. The molecule has 5 heteroatoms. The molecule has 148 valence electrons. The zero-order chi connectivity index (χ0) is 20.3. The fourth-order valence-electron chi connectivity index (χ4n) is 3.72. The number of para-hydroxylation sites is 1. The lowest BCUT2D eigenvalue weighted by Crippen LogP contribution is -2.32. The third-order valence-corrected chi connectivity index (χ3v) is 6.57. The second-order valence-electron chi connectivity index (χ2n) is 7.29. The Morgan fingerprint density at radius 3 is 2.43 bits per heavy atom. The molecule has 0 saturated heterocycles. The first-order valence-electron chi connectivity index (χ1n) is 9.99. The van der Waals surface area contributed by atoms with E-state index in [1.54, 1.807) is 11.8 Å². The minimum Gasteiger partial charge on any atom is -0.351 e. The predicted molar refractivity (Wildman–Crippen MR) is 121 cm³/mol. The van der Waals surface area contributed by atoms with Gasteiger partial charge in [0, 0.05) is 28.8 Å². The Morgan fingerprint density at radius 1 is 0.967 bits per heavy atom. The zero-order valence-electron chi connectivity index (χ0n) is 16.4. The number of benzene rings is 3. The molecule has 1 unspecified atom stereocenters. The average Bonchev–Trinajstić information content (AvgIpc) is 3.43. The van der Waals surface area contributed by atoms with Crippen molar-refractivity contribution in [2.75, 3.05) is 0 Å². The second kappa shape index (κ2) is 8.20. The summed E-state index contributed by atoms with van der Waals surface area (Å²) in [7, 11) is 0. The molecule has 0 saturated carbocycles. The van der Waals surface area contributed by atoms with E-state index in [2.05, 4.69) is 17.4 Å². The predicted octanol–water partition coefficient (Wildman–Crippen LogP) is 4.87. The first-order valence-corrected chi connectivity index (χ1v) is 10.9. The number of carbonyl (C=O) groups excluding carboxylic acids is 1. The van der Waals surface area contributed by atoms with E-state index in [1.165, 1.54) is 10.5 Å². The monoisotopic (exact) mass is 411 g/mol. The van der Waals surface area contributed by atoms with Gasteiger partial charge in [-0.3, -0.25) is 4.79 Å². The molecular weight excluding hydrogens is 390 g/mol. The molecule has 4 nitrogen and oxygen atoms in total. The van der Waals surface area contributed by atoms with Crippen LogP contribution >= 0.6 is 11.8 Å². The SMILES string of the molecule is O=C(NCc1cn(-c2ccccc2)nc1-c1ccccc1)C1Cc2ccccc2S1. The number of amides is 1. The molecule has 1 aliphatic rings. The molecule has 3 aromatic carbocycles. The van der Waals surface area contributed by atoms with Crippen LogP contribution in [0.5, 0.6) is 0 Å². The van der Waals surface area contributed by atoms with E-state index in [0.29, 0.717) is 6.54 Å². The van der Waals surface area contributed by atoms with E-state index in [9.17, 15) is 4.79 Å². The van der Waals surface area contributed by atoms with Crippen molar-refractivity contribution in [3.63, 3.8) is 0 Å². The summed E-state index contributed by atoms with van der Waals surface area (Å²) in [6.07, 6.45) is 2.79. The summed E-state index contributed by atoms with van der Waals surface area (Å²) >= 11 is 1.65. The van der Waals surface area contributed by atoms with Crippen LogP contribution in [0.1, 0.15) is 11.1 Å². The number of thioether (sulfide) groups is 1. The van der Waals surface area contributed by atoms with Crippen LogP contribution in [0.15, 0.2) is 96.0 Å². The topological polar surface area (TPSA) is 46.9 Å². The number of aromatic nitrogens is 2. The van der Waals surface area contributed by atoms with Gasteiger partial charge < -0.3 is 5.32 Å². The Balaban J connectivity index is 1.37. The van der Waals surface area contributed by atoms with E-state index in [-0.39, 0.29) is 11.2 Å². The van der Waals surface area contributed by atoms with E-state index >= 15 is 0 Å². The smallest absolute Gasteiger partial charge is 0.234 e. The van der Waals surface area contributed by atoms with Gasteiger partial charge in [-0.25, -0.2) is 4.68 Å². The van der Waals surface area contributed by atoms with Gasteiger partial charge in [-0.05, 0) is 30.2 Å². The fraction of sp³-hybridized carbons (Fsp3) is 0.120. The van der Waals surface area contributed by atoms with Crippen LogP contribution in [0.2, 0.25) is 0 Å². The van der Waals surface area contributed by atoms with Crippen LogP contribution < -0.4 is 5.32 Å². The first-order chi connectivity index (χ1) is 14.8. The summed E-state index contributed by atoms with van der Waals surface area (Å²) in [5, 5.41) is 7.88. The summed E-state index contributed by atoms with van der Waals surface area (Å²) in [6.45, 7) is 0.448. The van der Waals surface area contributed by atoms with Crippen molar-refractivity contribution in [3.05, 3.63) is 102 Å². The highest BCUT2D eigenvalue weighted by atomic mass is 32.2. The highest BCUT2D eigenvalue weighted by molar-refractivity contribution is 8.01. The average molecular weight is 412 g/mol. The number of hydrogen-bond donors (Lipinski definition) is 1. The number of hydrogen-bond acceptors (Lipinski definition) is 3. The molecule has 0 radical (unpaired) electrons.